The zero-order valence-electron chi connectivity index (χ0n) is 21.0. The standard InChI is InChI=1S/C28H28F3N3O4/c1-16-14-34(15-17(2)38-16)24-10-19-5-7-21(13-23(19)33-27(24)36)32-26(35)11-18-4-3-9-37-25-12-20(28(29,30)31)6-8-22(18)25/h5-8,10-13,16-17H,3-4,9,14-15H2,1-2H3,(H,32,35)(H,33,36)/b18-11+. The zero-order valence-corrected chi connectivity index (χ0v) is 21.0. The van der Waals surface area contributed by atoms with Gasteiger partial charge in [0.25, 0.3) is 5.56 Å². The molecule has 38 heavy (non-hydrogen) atoms. The fourth-order valence-corrected chi connectivity index (χ4v) is 5.03. The Morgan fingerprint density at radius 1 is 1.11 bits per heavy atom. The Bertz CT molecular complexity index is 1450. The number of hydrogen-bond donors (Lipinski definition) is 2. The Labute approximate surface area is 217 Å². The van der Waals surface area contributed by atoms with Crippen molar-refractivity contribution < 1.29 is 27.4 Å². The first-order valence-electron chi connectivity index (χ1n) is 12.5. The lowest BCUT2D eigenvalue weighted by molar-refractivity contribution is -0.137. The van der Waals surface area contributed by atoms with Crippen LogP contribution in [-0.4, -0.2) is 42.8 Å². The SMILES string of the molecule is CC1CN(c2cc3ccc(NC(=O)/C=C4\CCCOc5cc(C(F)(F)F)ccc54)cc3[nH]c2=O)CC(C)O1. The fraction of sp³-hybridized carbons (Fsp3) is 0.357. The van der Waals surface area contributed by atoms with Gasteiger partial charge in [0.2, 0.25) is 5.91 Å². The molecule has 0 radical (unpaired) electrons. The number of allylic oxidation sites excluding steroid dienone is 1. The van der Waals surface area contributed by atoms with Crippen LogP contribution in [0.4, 0.5) is 24.5 Å². The molecule has 1 amide bonds. The lowest BCUT2D eigenvalue weighted by Gasteiger charge is -2.36. The summed E-state index contributed by atoms with van der Waals surface area (Å²) in [5, 5.41) is 3.61. The van der Waals surface area contributed by atoms with Crippen LogP contribution < -0.4 is 20.5 Å². The molecule has 0 saturated carbocycles. The van der Waals surface area contributed by atoms with E-state index in [1.165, 1.54) is 12.1 Å². The number of nitrogens with zero attached hydrogens (tertiary/aromatic N) is 1. The maximum absolute atomic E-state index is 13.1. The minimum Gasteiger partial charge on any atom is -0.493 e. The number of benzene rings is 2. The van der Waals surface area contributed by atoms with Crippen LogP contribution in [0, 0.1) is 0 Å². The minimum absolute atomic E-state index is 0.0132. The Morgan fingerprint density at radius 2 is 1.87 bits per heavy atom. The van der Waals surface area contributed by atoms with Gasteiger partial charge in [-0.2, -0.15) is 13.2 Å². The molecule has 5 rings (SSSR count). The molecule has 10 heteroatoms. The largest absolute Gasteiger partial charge is 0.493 e. The maximum Gasteiger partial charge on any atom is 0.416 e. The summed E-state index contributed by atoms with van der Waals surface area (Å²) in [4.78, 5) is 30.6. The highest BCUT2D eigenvalue weighted by atomic mass is 19.4. The molecule has 1 fully saturated rings. The smallest absolute Gasteiger partial charge is 0.416 e. The second kappa shape index (κ2) is 10.2. The van der Waals surface area contributed by atoms with E-state index in [-0.39, 0.29) is 30.1 Å². The van der Waals surface area contributed by atoms with Crippen LogP contribution in [0.25, 0.3) is 16.5 Å². The van der Waals surface area contributed by atoms with E-state index in [0.29, 0.717) is 54.0 Å². The van der Waals surface area contributed by atoms with Gasteiger partial charge in [0, 0.05) is 35.8 Å². The van der Waals surface area contributed by atoms with Crippen molar-refractivity contribution in [3.63, 3.8) is 0 Å². The predicted molar refractivity (Wildman–Crippen MR) is 140 cm³/mol. The van der Waals surface area contributed by atoms with Gasteiger partial charge in [0.1, 0.15) is 11.4 Å². The van der Waals surface area contributed by atoms with E-state index < -0.39 is 17.6 Å². The molecule has 0 bridgehead atoms. The first kappa shape index (κ1) is 25.8. The molecule has 2 aliphatic heterocycles. The third-order valence-electron chi connectivity index (χ3n) is 6.66. The van der Waals surface area contributed by atoms with Crippen LogP contribution >= 0.6 is 0 Å². The number of H-pyrrole nitrogens is 1. The minimum atomic E-state index is -4.48. The van der Waals surface area contributed by atoms with E-state index in [9.17, 15) is 22.8 Å². The first-order valence-corrected chi connectivity index (χ1v) is 12.5. The number of hydrogen-bond acceptors (Lipinski definition) is 5. The third-order valence-corrected chi connectivity index (χ3v) is 6.66. The van der Waals surface area contributed by atoms with Gasteiger partial charge in [-0.05, 0) is 62.6 Å². The van der Waals surface area contributed by atoms with Gasteiger partial charge >= 0.3 is 6.18 Å². The van der Waals surface area contributed by atoms with Crippen LogP contribution in [0.5, 0.6) is 5.75 Å². The number of aromatic nitrogens is 1. The number of carbonyl (C=O) groups is 1. The predicted octanol–water partition coefficient (Wildman–Crippen LogP) is 5.36. The molecule has 1 saturated heterocycles. The number of alkyl halides is 3. The van der Waals surface area contributed by atoms with Gasteiger partial charge in [0.05, 0.1) is 29.9 Å². The normalized spacial score (nSPS) is 21.1. The molecule has 1 aromatic heterocycles. The lowest BCUT2D eigenvalue weighted by Crippen LogP contribution is -2.47. The van der Waals surface area contributed by atoms with E-state index in [1.54, 1.807) is 12.1 Å². The van der Waals surface area contributed by atoms with E-state index in [4.69, 9.17) is 9.47 Å². The summed E-state index contributed by atoms with van der Waals surface area (Å²) in [5.41, 5.74) is 1.67. The number of carbonyl (C=O) groups excluding carboxylic acids is 1. The van der Waals surface area contributed by atoms with Gasteiger partial charge in [-0.25, -0.2) is 0 Å². The molecule has 3 aromatic rings. The number of ether oxygens (including phenoxy) is 2. The second-order valence-electron chi connectivity index (χ2n) is 9.77. The highest BCUT2D eigenvalue weighted by molar-refractivity contribution is 6.05. The van der Waals surface area contributed by atoms with Crippen molar-refractivity contribution in [1.29, 1.82) is 0 Å². The summed E-state index contributed by atoms with van der Waals surface area (Å²) >= 11 is 0. The average molecular weight is 528 g/mol. The van der Waals surface area contributed by atoms with E-state index in [2.05, 4.69) is 10.3 Å². The number of halogens is 3. The zero-order chi connectivity index (χ0) is 27.0. The number of anilines is 2. The van der Waals surface area contributed by atoms with Crippen molar-refractivity contribution >= 4 is 33.8 Å². The van der Waals surface area contributed by atoms with Crippen LogP contribution in [-0.2, 0) is 15.7 Å². The molecule has 2 aliphatic rings. The number of rotatable bonds is 3. The van der Waals surface area contributed by atoms with Crippen LogP contribution in [0.1, 0.15) is 37.8 Å². The molecule has 2 N–H and O–H groups in total. The van der Waals surface area contributed by atoms with Crippen molar-refractivity contribution in [3.05, 3.63) is 70.0 Å². The van der Waals surface area contributed by atoms with Crippen LogP contribution in [0.3, 0.4) is 0 Å². The summed E-state index contributed by atoms with van der Waals surface area (Å²) in [6, 6.07) is 10.4. The number of morpholine rings is 1. The van der Waals surface area contributed by atoms with Gasteiger partial charge in [-0.15, -0.1) is 0 Å². The summed E-state index contributed by atoms with van der Waals surface area (Å²) < 4.78 is 50.7. The fourth-order valence-electron chi connectivity index (χ4n) is 5.03. The Kier molecular flexibility index (Phi) is 6.92. The molecule has 0 aliphatic carbocycles. The molecule has 200 valence electrons. The number of aromatic amines is 1. The highest BCUT2D eigenvalue weighted by Crippen LogP contribution is 2.38. The molecule has 2 atom stereocenters. The lowest BCUT2D eigenvalue weighted by atomic mass is 9.99. The Morgan fingerprint density at radius 3 is 2.61 bits per heavy atom. The first-order chi connectivity index (χ1) is 18.1. The van der Waals surface area contributed by atoms with Crippen molar-refractivity contribution in [2.45, 2.75) is 45.1 Å². The van der Waals surface area contributed by atoms with Crippen LogP contribution in [0.15, 0.2) is 53.3 Å². The summed E-state index contributed by atoms with van der Waals surface area (Å²) in [7, 11) is 0. The number of pyridine rings is 1. The monoisotopic (exact) mass is 527 g/mol. The van der Waals surface area contributed by atoms with E-state index in [0.717, 1.165) is 17.5 Å². The van der Waals surface area contributed by atoms with Gasteiger partial charge in [-0.3, -0.25) is 9.59 Å². The van der Waals surface area contributed by atoms with Crippen molar-refractivity contribution in [1.82, 2.24) is 4.98 Å². The van der Waals surface area contributed by atoms with Crippen molar-refractivity contribution in [2.75, 3.05) is 29.9 Å². The quantitative estimate of drug-likeness (QED) is 0.449. The van der Waals surface area contributed by atoms with Crippen molar-refractivity contribution in [2.24, 2.45) is 0 Å². The number of amides is 1. The van der Waals surface area contributed by atoms with Gasteiger partial charge in [0.15, 0.2) is 0 Å². The Hall–Kier alpha value is -3.79. The summed E-state index contributed by atoms with van der Waals surface area (Å²) in [5.74, 6) is -0.318. The third kappa shape index (κ3) is 5.55. The molecule has 2 aromatic carbocycles. The molecular formula is C28H28F3N3O4. The summed E-state index contributed by atoms with van der Waals surface area (Å²) in [6.07, 6.45) is -2.02. The maximum atomic E-state index is 13.1. The van der Waals surface area contributed by atoms with E-state index in [1.807, 2.05) is 30.9 Å². The number of fused-ring (bicyclic) bond motifs is 2. The topological polar surface area (TPSA) is 83.7 Å². The second-order valence-corrected chi connectivity index (χ2v) is 9.77. The molecule has 3 heterocycles. The van der Waals surface area contributed by atoms with Crippen LogP contribution in [0.2, 0.25) is 0 Å². The van der Waals surface area contributed by atoms with Crippen molar-refractivity contribution in [3.8, 4) is 5.75 Å². The van der Waals surface area contributed by atoms with Gasteiger partial charge < -0.3 is 24.7 Å². The molecule has 0 spiro atoms. The highest BCUT2D eigenvalue weighted by Gasteiger charge is 2.32. The van der Waals surface area contributed by atoms with E-state index >= 15 is 0 Å². The Balaban J connectivity index is 1.37. The molecule has 7 nitrogen and oxygen atoms in total. The molecular weight excluding hydrogens is 499 g/mol. The average Bonchev–Trinajstić information content (AvgIpc) is 3.04. The summed E-state index contributed by atoms with van der Waals surface area (Å²) in [6.45, 7) is 5.45. The van der Waals surface area contributed by atoms with Gasteiger partial charge in [-0.1, -0.05) is 12.1 Å². The molecule has 2 unspecified atom stereocenters. The number of nitrogens with one attached hydrogen (secondary N) is 2.